The van der Waals surface area contributed by atoms with Gasteiger partial charge < -0.3 is 14.6 Å². The summed E-state index contributed by atoms with van der Waals surface area (Å²) in [5.41, 5.74) is 0.518. The number of likely N-dealkylation sites (tertiary alicyclic amines) is 1. The van der Waals surface area contributed by atoms with Crippen molar-refractivity contribution in [2.75, 3.05) is 26.8 Å². The first kappa shape index (κ1) is 15.7. The molecule has 5 nitrogen and oxygen atoms in total. The topological polar surface area (TPSA) is 54.8 Å². The molecule has 2 aliphatic rings. The number of rotatable bonds is 3. The van der Waals surface area contributed by atoms with Gasteiger partial charge in [-0.05, 0) is 31.7 Å². The Kier molecular flexibility index (Phi) is 4.39. The summed E-state index contributed by atoms with van der Waals surface area (Å²) in [6.07, 6.45) is 5.37. The molecule has 22 heavy (non-hydrogen) atoms. The van der Waals surface area contributed by atoms with Gasteiger partial charge in [0.25, 0.3) is 0 Å². The van der Waals surface area contributed by atoms with E-state index in [0.717, 1.165) is 45.3 Å². The van der Waals surface area contributed by atoms with E-state index in [-0.39, 0.29) is 5.60 Å². The molecule has 0 radical (unpaired) electrons. The predicted molar refractivity (Wildman–Crippen MR) is 83.8 cm³/mol. The van der Waals surface area contributed by atoms with E-state index in [1.54, 1.807) is 7.11 Å². The molecule has 2 aliphatic heterocycles. The van der Waals surface area contributed by atoms with Crippen molar-refractivity contribution in [3.63, 3.8) is 0 Å². The van der Waals surface area contributed by atoms with Crippen LogP contribution in [-0.2, 0) is 11.3 Å². The van der Waals surface area contributed by atoms with Crippen LogP contribution in [0.1, 0.15) is 38.2 Å². The molecule has 1 aromatic rings. The maximum Gasteiger partial charge on any atom is 0.212 e. The Morgan fingerprint density at radius 3 is 2.68 bits per heavy atom. The van der Waals surface area contributed by atoms with E-state index in [4.69, 9.17) is 9.47 Å². The van der Waals surface area contributed by atoms with Crippen molar-refractivity contribution < 1.29 is 14.6 Å². The summed E-state index contributed by atoms with van der Waals surface area (Å²) in [4.78, 5) is 6.69. The molecule has 2 saturated heterocycles. The van der Waals surface area contributed by atoms with Gasteiger partial charge in [-0.15, -0.1) is 0 Å². The highest BCUT2D eigenvalue weighted by Crippen LogP contribution is 2.39. The highest BCUT2D eigenvalue weighted by molar-refractivity contribution is 5.17. The fraction of sp³-hybridized carbons (Fsp3) is 0.706. The molecule has 1 unspecified atom stereocenters. The predicted octanol–water partition coefficient (Wildman–Crippen LogP) is 1.99. The van der Waals surface area contributed by atoms with Gasteiger partial charge in [0.1, 0.15) is 0 Å². The second kappa shape index (κ2) is 6.14. The molecule has 122 valence electrons. The third-order valence-corrected chi connectivity index (χ3v) is 4.93. The number of piperidine rings is 1. The smallest absolute Gasteiger partial charge is 0.212 e. The highest BCUT2D eigenvalue weighted by Gasteiger charge is 2.44. The van der Waals surface area contributed by atoms with Crippen molar-refractivity contribution in [1.82, 2.24) is 9.88 Å². The number of pyridine rings is 1. The van der Waals surface area contributed by atoms with Gasteiger partial charge in [0.05, 0.1) is 24.9 Å². The van der Waals surface area contributed by atoms with E-state index < -0.39 is 5.60 Å². The molecule has 0 saturated carbocycles. The van der Waals surface area contributed by atoms with Crippen molar-refractivity contribution in [2.24, 2.45) is 0 Å². The molecule has 1 spiro atoms. The number of nitrogens with zero attached hydrogens (tertiary/aromatic N) is 2. The van der Waals surface area contributed by atoms with Crippen LogP contribution in [0.2, 0.25) is 0 Å². The van der Waals surface area contributed by atoms with Crippen LogP contribution in [-0.4, -0.2) is 53.0 Å². The molecule has 0 aromatic carbocycles. The lowest BCUT2D eigenvalue weighted by Crippen LogP contribution is -2.53. The average Bonchev–Trinajstić information content (AvgIpc) is 2.50. The Hall–Kier alpha value is -1.17. The van der Waals surface area contributed by atoms with Crippen LogP contribution < -0.4 is 4.74 Å². The Bertz CT molecular complexity index is 493. The van der Waals surface area contributed by atoms with E-state index in [9.17, 15) is 5.11 Å². The standard InChI is InChI=1S/C17H26N2O3/c1-16(20)7-10-22-17(13-16)5-8-19(9-6-17)12-14-3-4-15(21-2)18-11-14/h3-4,11,20H,5-10,12-13H2,1-2H3. The highest BCUT2D eigenvalue weighted by atomic mass is 16.5. The molecule has 1 N–H and O–H groups in total. The molecule has 1 aromatic heterocycles. The second-order valence-corrected chi connectivity index (χ2v) is 6.94. The first-order chi connectivity index (χ1) is 10.5. The van der Waals surface area contributed by atoms with Gasteiger partial charge >= 0.3 is 0 Å². The summed E-state index contributed by atoms with van der Waals surface area (Å²) < 4.78 is 11.1. The fourth-order valence-electron chi connectivity index (χ4n) is 3.64. The summed E-state index contributed by atoms with van der Waals surface area (Å²) in [6, 6.07) is 3.97. The van der Waals surface area contributed by atoms with Crippen molar-refractivity contribution in [3.8, 4) is 5.88 Å². The number of aromatic nitrogens is 1. The quantitative estimate of drug-likeness (QED) is 0.925. The van der Waals surface area contributed by atoms with Crippen molar-refractivity contribution in [3.05, 3.63) is 23.9 Å². The second-order valence-electron chi connectivity index (χ2n) is 6.94. The molecular formula is C17H26N2O3. The van der Waals surface area contributed by atoms with Crippen LogP contribution in [0.4, 0.5) is 0 Å². The maximum absolute atomic E-state index is 10.3. The third kappa shape index (κ3) is 3.59. The Balaban J connectivity index is 1.55. The van der Waals surface area contributed by atoms with E-state index in [0.29, 0.717) is 12.5 Å². The monoisotopic (exact) mass is 306 g/mol. The normalized spacial score (nSPS) is 28.7. The van der Waals surface area contributed by atoms with E-state index >= 15 is 0 Å². The lowest BCUT2D eigenvalue weighted by molar-refractivity contribution is -0.173. The number of aliphatic hydroxyl groups is 1. The fourth-order valence-corrected chi connectivity index (χ4v) is 3.64. The molecule has 0 amide bonds. The van der Waals surface area contributed by atoms with Gasteiger partial charge in [0, 0.05) is 38.3 Å². The van der Waals surface area contributed by atoms with Crippen molar-refractivity contribution in [2.45, 2.75) is 50.4 Å². The van der Waals surface area contributed by atoms with Crippen LogP contribution in [0.5, 0.6) is 5.88 Å². The lowest BCUT2D eigenvalue weighted by Gasteiger charge is -2.48. The number of ether oxygens (including phenoxy) is 2. The Labute approximate surface area is 132 Å². The van der Waals surface area contributed by atoms with Crippen LogP contribution >= 0.6 is 0 Å². The van der Waals surface area contributed by atoms with Gasteiger partial charge in [0.2, 0.25) is 5.88 Å². The minimum Gasteiger partial charge on any atom is -0.481 e. The molecule has 3 heterocycles. The molecule has 3 rings (SSSR count). The van der Waals surface area contributed by atoms with E-state index in [2.05, 4.69) is 16.0 Å². The minimum absolute atomic E-state index is 0.115. The minimum atomic E-state index is -0.569. The largest absolute Gasteiger partial charge is 0.481 e. The molecular weight excluding hydrogens is 280 g/mol. The van der Waals surface area contributed by atoms with Crippen molar-refractivity contribution in [1.29, 1.82) is 0 Å². The van der Waals surface area contributed by atoms with Gasteiger partial charge in [-0.1, -0.05) is 6.07 Å². The molecule has 0 aliphatic carbocycles. The third-order valence-electron chi connectivity index (χ3n) is 4.93. The molecule has 5 heteroatoms. The Morgan fingerprint density at radius 2 is 2.09 bits per heavy atom. The van der Waals surface area contributed by atoms with Crippen LogP contribution in [0, 0.1) is 0 Å². The zero-order chi connectivity index (χ0) is 15.6. The first-order valence-corrected chi connectivity index (χ1v) is 8.08. The van der Waals surface area contributed by atoms with Crippen LogP contribution in [0.3, 0.4) is 0 Å². The maximum atomic E-state index is 10.3. The van der Waals surface area contributed by atoms with Gasteiger partial charge in [-0.3, -0.25) is 4.90 Å². The SMILES string of the molecule is COc1ccc(CN2CCC3(CC2)CC(C)(O)CCO3)cn1. The van der Waals surface area contributed by atoms with Gasteiger partial charge in [-0.2, -0.15) is 0 Å². The van der Waals surface area contributed by atoms with Crippen molar-refractivity contribution >= 4 is 0 Å². The summed E-state index contributed by atoms with van der Waals surface area (Å²) in [5, 5.41) is 10.3. The zero-order valence-corrected chi connectivity index (χ0v) is 13.5. The lowest BCUT2D eigenvalue weighted by atomic mass is 9.78. The number of hydrogen-bond acceptors (Lipinski definition) is 5. The number of hydrogen-bond donors (Lipinski definition) is 1. The first-order valence-electron chi connectivity index (χ1n) is 8.08. The molecule has 0 bridgehead atoms. The number of methoxy groups -OCH3 is 1. The summed E-state index contributed by atoms with van der Waals surface area (Å²) >= 11 is 0. The van der Waals surface area contributed by atoms with Gasteiger partial charge in [0.15, 0.2) is 0 Å². The summed E-state index contributed by atoms with van der Waals surface area (Å²) in [5.74, 6) is 0.652. The average molecular weight is 306 g/mol. The van der Waals surface area contributed by atoms with Gasteiger partial charge in [-0.25, -0.2) is 4.98 Å². The molecule has 1 atom stereocenters. The zero-order valence-electron chi connectivity index (χ0n) is 13.5. The molecule has 2 fully saturated rings. The van der Waals surface area contributed by atoms with E-state index in [1.165, 1.54) is 5.56 Å². The summed E-state index contributed by atoms with van der Waals surface area (Å²) in [6.45, 7) is 5.52. The van der Waals surface area contributed by atoms with Crippen LogP contribution in [0.15, 0.2) is 18.3 Å². The van der Waals surface area contributed by atoms with Crippen LogP contribution in [0.25, 0.3) is 0 Å². The summed E-state index contributed by atoms with van der Waals surface area (Å²) in [7, 11) is 1.63. The Morgan fingerprint density at radius 1 is 1.32 bits per heavy atom. The van der Waals surface area contributed by atoms with E-state index in [1.807, 2.05) is 19.2 Å².